The quantitative estimate of drug-likeness (QED) is 0.575. The molecule has 0 saturated carbocycles. The van der Waals surface area contributed by atoms with Crippen LogP contribution in [0.2, 0.25) is 5.02 Å². The first-order valence-corrected chi connectivity index (χ1v) is 10.5. The Hall–Kier alpha value is -2.31. The van der Waals surface area contributed by atoms with Crippen LogP contribution in [-0.4, -0.2) is 38.7 Å². The second-order valence-electron chi connectivity index (χ2n) is 6.81. The van der Waals surface area contributed by atoms with Gasteiger partial charge in [0.1, 0.15) is 5.25 Å². The standard InChI is InChI=1S/C21H21ClN4OS/c1-25-19(16-9-11-17(22)12-10-16)23-24-21(25)28-18(15-7-3-2-4-8-15)20(27)26-13-5-6-14-26/h2-4,7-12,18H,5-6,13-14H2,1H3. The number of aromatic nitrogens is 3. The summed E-state index contributed by atoms with van der Waals surface area (Å²) in [4.78, 5) is 15.2. The van der Waals surface area contributed by atoms with E-state index in [0.29, 0.717) is 10.2 Å². The molecule has 1 aliphatic heterocycles. The number of carbonyl (C=O) groups excluding carboxylic acids is 1. The molecule has 1 aromatic heterocycles. The van der Waals surface area contributed by atoms with Gasteiger partial charge in [0.25, 0.3) is 0 Å². The second kappa shape index (κ2) is 8.37. The summed E-state index contributed by atoms with van der Waals surface area (Å²) in [5.74, 6) is 0.893. The molecule has 1 aliphatic rings. The van der Waals surface area contributed by atoms with Crippen LogP contribution in [0.15, 0.2) is 59.8 Å². The predicted molar refractivity (Wildman–Crippen MR) is 112 cm³/mol. The first-order chi connectivity index (χ1) is 13.6. The highest BCUT2D eigenvalue weighted by atomic mass is 35.5. The first-order valence-electron chi connectivity index (χ1n) is 9.29. The van der Waals surface area contributed by atoms with Crippen molar-refractivity contribution in [2.45, 2.75) is 23.2 Å². The Morgan fingerprint density at radius 3 is 2.39 bits per heavy atom. The van der Waals surface area contributed by atoms with Crippen molar-refractivity contribution < 1.29 is 4.79 Å². The zero-order valence-electron chi connectivity index (χ0n) is 15.6. The van der Waals surface area contributed by atoms with E-state index in [-0.39, 0.29) is 11.2 Å². The minimum atomic E-state index is -0.333. The van der Waals surface area contributed by atoms with Gasteiger partial charge in [-0.25, -0.2) is 0 Å². The number of nitrogens with zero attached hydrogens (tertiary/aromatic N) is 4. The lowest BCUT2D eigenvalue weighted by Crippen LogP contribution is -2.31. The Kier molecular flexibility index (Phi) is 5.69. The topological polar surface area (TPSA) is 51.0 Å². The number of hydrogen-bond acceptors (Lipinski definition) is 4. The lowest BCUT2D eigenvalue weighted by molar-refractivity contribution is -0.129. The van der Waals surface area contributed by atoms with Crippen molar-refractivity contribution in [3.05, 3.63) is 65.2 Å². The van der Waals surface area contributed by atoms with E-state index in [4.69, 9.17) is 11.6 Å². The maximum atomic E-state index is 13.2. The normalized spacial score (nSPS) is 15.0. The van der Waals surface area contributed by atoms with Gasteiger partial charge < -0.3 is 9.47 Å². The summed E-state index contributed by atoms with van der Waals surface area (Å²) in [6, 6.07) is 17.4. The van der Waals surface area contributed by atoms with Gasteiger partial charge in [-0.15, -0.1) is 10.2 Å². The second-order valence-corrected chi connectivity index (χ2v) is 8.32. The molecule has 0 aliphatic carbocycles. The summed E-state index contributed by atoms with van der Waals surface area (Å²) >= 11 is 7.44. The molecule has 1 saturated heterocycles. The van der Waals surface area contributed by atoms with E-state index in [2.05, 4.69) is 10.2 Å². The van der Waals surface area contributed by atoms with Gasteiger partial charge >= 0.3 is 0 Å². The lowest BCUT2D eigenvalue weighted by atomic mass is 10.1. The maximum absolute atomic E-state index is 13.2. The molecule has 2 aromatic carbocycles. The summed E-state index contributed by atoms with van der Waals surface area (Å²) in [5, 5.41) is 9.77. The van der Waals surface area contributed by atoms with Crippen LogP contribution in [0.25, 0.3) is 11.4 Å². The molecule has 5 nitrogen and oxygen atoms in total. The number of amides is 1. The molecule has 1 amide bonds. The fraction of sp³-hybridized carbons (Fsp3) is 0.286. The molecule has 0 radical (unpaired) electrons. The highest BCUT2D eigenvalue weighted by Crippen LogP contribution is 2.37. The van der Waals surface area contributed by atoms with Gasteiger partial charge in [-0.2, -0.15) is 0 Å². The number of hydrogen-bond donors (Lipinski definition) is 0. The summed E-state index contributed by atoms with van der Waals surface area (Å²) in [7, 11) is 1.93. The average Bonchev–Trinajstić information content (AvgIpc) is 3.38. The fourth-order valence-corrected chi connectivity index (χ4v) is 4.58. The van der Waals surface area contributed by atoms with Crippen LogP contribution in [0.4, 0.5) is 0 Å². The van der Waals surface area contributed by atoms with Crippen molar-refractivity contribution in [1.29, 1.82) is 0 Å². The Balaban J connectivity index is 1.63. The molecule has 4 rings (SSSR count). The van der Waals surface area contributed by atoms with Gasteiger partial charge in [-0.05, 0) is 42.7 Å². The molecule has 0 bridgehead atoms. The number of rotatable bonds is 5. The summed E-state index contributed by atoms with van der Waals surface area (Å²) in [5.41, 5.74) is 1.92. The molecule has 144 valence electrons. The third kappa shape index (κ3) is 3.93. The van der Waals surface area contributed by atoms with Gasteiger partial charge in [0.15, 0.2) is 11.0 Å². The Morgan fingerprint density at radius 1 is 1.04 bits per heavy atom. The molecular weight excluding hydrogens is 392 g/mol. The lowest BCUT2D eigenvalue weighted by Gasteiger charge is -2.22. The van der Waals surface area contributed by atoms with Crippen LogP contribution in [0.1, 0.15) is 23.7 Å². The van der Waals surface area contributed by atoms with E-state index < -0.39 is 0 Å². The summed E-state index contributed by atoms with van der Waals surface area (Å²) in [6.07, 6.45) is 2.14. The van der Waals surface area contributed by atoms with Crippen LogP contribution in [-0.2, 0) is 11.8 Å². The molecule has 1 atom stereocenters. The molecular formula is C21H21ClN4OS. The average molecular weight is 413 g/mol. The number of thioether (sulfide) groups is 1. The van der Waals surface area contributed by atoms with Crippen LogP contribution in [0, 0.1) is 0 Å². The van der Waals surface area contributed by atoms with Crippen LogP contribution in [0.3, 0.4) is 0 Å². The van der Waals surface area contributed by atoms with Crippen molar-refractivity contribution >= 4 is 29.3 Å². The highest BCUT2D eigenvalue weighted by molar-refractivity contribution is 8.00. The van der Waals surface area contributed by atoms with E-state index in [1.54, 1.807) is 0 Å². The van der Waals surface area contributed by atoms with Crippen molar-refractivity contribution in [2.24, 2.45) is 7.05 Å². The smallest absolute Gasteiger partial charge is 0.240 e. The molecule has 7 heteroatoms. The summed E-state index contributed by atoms with van der Waals surface area (Å²) in [6.45, 7) is 1.66. The Morgan fingerprint density at radius 2 is 1.71 bits per heavy atom. The molecule has 1 unspecified atom stereocenters. The third-order valence-corrected chi connectivity index (χ3v) is 6.43. The SMILES string of the molecule is Cn1c(SC(C(=O)N2CCCC2)c2ccccc2)nnc1-c1ccc(Cl)cc1. The third-order valence-electron chi connectivity index (χ3n) is 4.90. The molecule has 3 aromatic rings. The van der Waals surface area contributed by atoms with Crippen molar-refractivity contribution in [3.8, 4) is 11.4 Å². The number of carbonyl (C=O) groups is 1. The van der Waals surface area contributed by atoms with Crippen LogP contribution < -0.4 is 0 Å². The molecule has 0 spiro atoms. The van der Waals surface area contributed by atoms with Gasteiger partial charge in [0, 0.05) is 30.7 Å². The minimum Gasteiger partial charge on any atom is -0.341 e. The van der Waals surface area contributed by atoms with E-state index >= 15 is 0 Å². The van der Waals surface area contributed by atoms with Gasteiger partial charge in [-0.3, -0.25) is 4.79 Å². The minimum absolute atomic E-state index is 0.143. The largest absolute Gasteiger partial charge is 0.341 e. The molecule has 0 N–H and O–H groups in total. The molecule has 2 heterocycles. The van der Waals surface area contributed by atoms with E-state index in [1.165, 1.54) is 11.8 Å². The molecule has 1 fully saturated rings. The van der Waals surface area contributed by atoms with E-state index in [1.807, 2.05) is 71.1 Å². The van der Waals surface area contributed by atoms with Gasteiger partial charge in [-0.1, -0.05) is 53.7 Å². The van der Waals surface area contributed by atoms with E-state index in [9.17, 15) is 4.79 Å². The zero-order valence-corrected chi connectivity index (χ0v) is 17.2. The fourth-order valence-electron chi connectivity index (χ4n) is 3.37. The zero-order chi connectivity index (χ0) is 19.5. The van der Waals surface area contributed by atoms with Crippen molar-refractivity contribution in [3.63, 3.8) is 0 Å². The first kappa shape index (κ1) is 19.0. The molecule has 28 heavy (non-hydrogen) atoms. The van der Waals surface area contributed by atoms with Crippen LogP contribution >= 0.6 is 23.4 Å². The Labute approximate surface area is 173 Å². The number of benzene rings is 2. The van der Waals surface area contributed by atoms with Gasteiger partial charge in [0.2, 0.25) is 5.91 Å². The van der Waals surface area contributed by atoms with E-state index in [0.717, 1.165) is 42.9 Å². The van der Waals surface area contributed by atoms with Crippen LogP contribution in [0.5, 0.6) is 0 Å². The van der Waals surface area contributed by atoms with Crippen molar-refractivity contribution in [1.82, 2.24) is 19.7 Å². The summed E-state index contributed by atoms with van der Waals surface area (Å²) < 4.78 is 1.93. The maximum Gasteiger partial charge on any atom is 0.240 e. The number of likely N-dealkylation sites (tertiary alicyclic amines) is 1. The monoisotopic (exact) mass is 412 g/mol. The predicted octanol–water partition coefficient (Wildman–Crippen LogP) is 4.59. The number of halogens is 1. The van der Waals surface area contributed by atoms with Gasteiger partial charge in [0.05, 0.1) is 0 Å². The Bertz CT molecular complexity index is 952. The van der Waals surface area contributed by atoms with Crippen molar-refractivity contribution in [2.75, 3.05) is 13.1 Å². The highest BCUT2D eigenvalue weighted by Gasteiger charge is 2.30.